The molecular weight excluding hydrogens is 236 g/mol. The lowest BCUT2D eigenvalue weighted by molar-refractivity contribution is -0.0755. The van der Waals surface area contributed by atoms with Crippen molar-refractivity contribution in [2.75, 3.05) is 0 Å². The smallest absolute Gasteiger partial charge is 0.128 e. The molecule has 1 aliphatic rings. The van der Waals surface area contributed by atoms with Crippen LogP contribution in [0.4, 0.5) is 8.78 Å². The highest BCUT2D eigenvalue weighted by Crippen LogP contribution is 2.41. The third-order valence-electron chi connectivity index (χ3n) is 4.09. The Kier molecular flexibility index (Phi) is 3.43. The molecule has 1 aromatic rings. The van der Waals surface area contributed by atoms with Crippen LogP contribution < -0.4 is 5.32 Å². The molecule has 0 saturated heterocycles. The molecule has 0 bridgehead atoms. The van der Waals surface area contributed by atoms with Crippen LogP contribution >= 0.6 is 0 Å². The fourth-order valence-electron chi connectivity index (χ4n) is 2.42. The molecule has 1 aliphatic carbocycles. The molecule has 1 saturated carbocycles. The lowest BCUT2D eigenvalue weighted by Crippen LogP contribution is -2.60. The molecule has 0 amide bonds. The Morgan fingerprint density at radius 2 is 2.06 bits per heavy atom. The summed E-state index contributed by atoms with van der Waals surface area (Å²) < 4.78 is 26.7. The second-order valence-electron chi connectivity index (χ2n) is 5.68. The maximum atomic E-state index is 13.6. The predicted octanol–water partition coefficient (Wildman–Crippen LogP) is 2.77. The van der Waals surface area contributed by atoms with Crippen molar-refractivity contribution in [3.8, 4) is 0 Å². The summed E-state index contributed by atoms with van der Waals surface area (Å²) in [5, 5.41) is 12.9. The van der Waals surface area contributed by atoms with Gasteiger partial charge in [-0.05, 0) is 31.5 Å². The molecule has 2 rings (SSSR count). The van der Waals surface area contributed by atoms with Gasteiger partial charge in [-0.15, -0.1) is 0 Å². The summed E-state index contributed by atoms with van der Waals surface area (Å²) in [5.74, 6) is -0.845. The molecule has 0 radical (unpaired) electrons. The Morgan fingerprint density at radius 1 is 1.39 bits per heavy atom. The van der Waals surface area contributed by atoms with Crippen LogP contribution in [0.25, 0.3) is 0 Å². The van der Waals surface area contributed by atoms with Crippen LogP contribution in [-0.4, -0.2) is 17.3 Å². The van der Waals surface area contributed by atoms with Gasteiger partial charge in [0.05, 0.1) is 6.10 Å². The molecule has 0 heterocycles. The van der Waals surface area contributed by atoms with Gasteiger partial charge < -0.3 is 10.4 Å². The Morgan fingerprint density at radius 3 is 2.61 bits per heavy atom. The molecule has 1 aromatic carbocycles. The highest BCUT2D eigenvalue weighted by molar-refractivity contribution is 5.22. The number of hydrogen-bond acceptors (Lipinski definition) is 2. The summed E-state index contributed by atoms with van der Waals surface area (Å²) in [4.78, 5) is 0. The maximum Gasteiger partial charge on any atom is 0.128 e. The molecule has 3 unspecified atom stereocenters. The Bertz CT molecular complexity index is 447. The Labute approximate surface area is 106 Å². The fraction of sp³-hybridized carbons (Fsp3) is 0.571. The summed E-state index contributed by atoms with van der Waals surface area (Å²) >= 11 is 0. The van der Waals surface area contributed by atoms with E-state index in [1.807, 2.05) is 13.8 Å². The van der Waals surface area contributed by atoms with Crippen molar-refractivity contribution in [2.24, 2.45) is 5.41 Å². The van der Waals surface area contributed by atoms with E-state index in [0.29, 0.717) is 12.0 Å². The number of rotatable bonds is 3. The van der Waals surface area contributed by atoms with Crippen molar-refractivity contribution in [1.82, 2.24) is 5.32 Å². The van der Waals surface area contributed by atoms with Crippen LogP contribution in [-0.2, 0) is 0 Å². The first-order valence-corrected chi connectivity index (χ1v) is 6.21. The first-order valence-electron chi connectivity index (χ1n) is 6.21. The van der Waals surface area contributed by atoms with E-state index in [1.165, 1.54) is 6.07 Å². The van der Waals surface area contributed by atoms with Gasteiger partial charge in [0.1, 0.15) is 11.6 Å². The standard InChI is InChI=1S/C14H19F2NO/c1-8(10-6-9(15)4-5-11(10)16)17-12-7-13(18)14(12,2)3/h4-6,8,12-13,17-18H,7H2,1-3H3. The highest BCUT2D eigenvalue weighted by atomic mass is 19.1. The van der Waals surface area contributed by atoms with Gasteiger partial charge in [0.15, 0.2) is 0 Å². The first kappa shape index (κ1) is 13.4. The van der Waals surface area contributed by atoms with Gasteiger partial charge in [0.2, 0.25) is 0 Å². The molecule has 2 N–H and O–H groups in total. The van der Waals surface area contributed by atoms with Gasteiger partial charge in [-0.25, -0.2) is 8.78 Å². The van der Waals surface area contributed by atoms with Crippen LogP contribution in [0.2, 0.25) is 0 Å². The van der Waals surface area contributed by atoms with Crippen molar-refractivity contribution >= 4 is 0 Å². The largest absolute Gasteiger partial charge is 0.392 e. The van der Waals surface area contributed by atoms with Crippen LogP contribution in [0.1, 0.15) is 38.8 Å². The van der Waals surface area contributed by atoms with Crippen molar-refractivity contribution < 1.29 is 13.9 Å². The first-order chi connectivity index (χ1) is 8.32. The monoisotopic (exact) mass is 255 g/mol. The highest BCUT2D eigenvalue weighted by Gasteiger charge is 2.47. The van der Waals surface area contributed by atoms with Crippen molar-refractivity contribution in [3.63, 3.8) is 0 Å². The van der Waals surface area contributed by atoms with E-state index in [9.17, 15) is 13.9 Å². The zero-order chi connectivity index (χ0) is 13.5. The van der Waals surface area contributed by atoms with E-state index in [-0.39, 0.29) is 23.6 Å². The number of aliphatic hydroxyl groups is 1. The molecule has 100 valence electrons. The molecule has 1 fully saturated rings. The summed E-state index contributed by atoms with van der Waals surface area (Å²) in [6.45, 7) is 5.74. The minimum Gasteiger partial charge on any atom is -0.392 e. The van der Waals surface area contributed by atoms with Gasteiger partial charge in [-0.3, -0.25) is 0 Å². The van der Waals surface area contributed by atoms with Crippen LogP contribution in [0, 0.1) is 17.0 Å². The van der Waals surface area contributed by atoms with Crippen molar-refractivity contribution in [2.45, 2.75) is 45.4 Å². The van der Waals surface area contributed by atoms with Gasteiger partial charge in [0, 0.05) is 23.1 Å². The lowest BCUT2D eigenvalue weighted by atomic mass is 9.64. The van der Waals surface area contributed by atoms with Crippen LogP contribution in [0.15, 0.2) is 18.2 Å². The van der Waals surface area contributed by atoms with E-state index in [4.69, 9.17) is 0 Å². The quantitative estimate of drug-likeness (QED) is 0.870. The minimum atomic E-state index is -0.437. The number of hydrogen-bond donors (Lipinski definition) is 2. The molecule has 0 aliphatic heterocycles. The SMILES string of the molecule is CC(NC1CC(O)C1(C)C)c1cc(F)ccc1F. The van der Waals surface area contributed by atoms with E-state index in [2.05, 4.69) is 5.32 Å². The van der Waals surface area contributed by atoms with Gasteiger partial charge in [-0.2, -0.15) is 0 Å². The number of nitrogens with one attached hydrogen (secondary N) is 1. The summed E-state index contributed by atoms with van der Waals surface area (Å²) in [6.07, 6.45) is 0.313. The Balaban J connectivity index is 2.09. The van der Waals surface area contributed by atoms with E-state index in [0.717, 1.165) is 12.1 Å². The molecule has 2 nitrogen and oxygen atoms in total. The van der Waals surface area contributed by atoms with Gasteiger partial charge in [0.25, 0.3) is 0 Å². The topological polar surface area (TPSA) is 32.3 Å². The van der Waals surface area contributed by atoms with E-state index < -0.39 is 11.6 Å². The third kappa shape index (κ3) is 2.27. The minimum absolute atomic E-state index is 0.116. The third-order valence-corrected chi connectivity index (χ3v) is 4.09. The zero-order valence-corrected chi connectivity index (χ0v) is 10.9. The van der Waals surface area contributed by atoms with E-state index >= 15 is 0 Å². The van der Waals surface area contributed by atoms with E-state index in [1.54, 1.807) is 6.92 Å². The van der Waals surface area contributed by atoms with Crippen molar-refractivity contribution in [1.29, 1.82) is 0 Å². The molecular formula is C14H19F2NO. The summed E-state index contributed by atoms with van der Waals surface area (Å²) in [5.41, 5.74) is 0.102. The Hall–Kier alpha value is -1.00. The normalized spacial score (nSPS) is 27.7. The molecule has 0 spiro atoms. The molecule has 18 heavy (non-hydrogen) atoms. The lowest BCUT2D eigenvalue weighted by Gasteiger charge is -2.50. The average Bonchev–Trinajstić information content (AvgIpc) is 2.31. The molecule has 0 aromatic heterocycles. The zero-order valence-electron chi connectivity index (χ0n) is 10.9. The molecule has 4 heteroatoms. The number of halogens is 2. The fourth-order valence-corrected chi connectivity index (χ4v) is 2.42. The number of benzene rings is 1. The second-order valence-corrected chi connectivity index (χ2v) is 5.68. The van der Waals surface area contributed by atoms with Crippen LogP contribution in [0.3, 0.4) is 0 Å². The predicted molar refractivity (Wildman–Crippen MR) is 66.1 cm³/mol. The van der Waals surface area contributed by atoms with Crippen LogP contribution in [0.5, 0.6) is 0 Å². The number of aliphatic hydroxyl groups excluding tert-OH is 1. The van der Waals surface area contributed by atoms with Gasteiger partial charge >= 0.3 is 0 Å². The summed E-state index contributed by atoms with van der Waals surface area (Å²) in [7, 11) is 0. The van der Waals surface area contributed by atoms with Crippen molar-refractivity contribution in [3.05, 3.63) is 35.4 Å². The second kappa shape index (κ2) is 4.59. The summed E-state index contributed by atoms with van der Waals surface area (Å²) in [6, 6.07) is 3.31. The maximum absolute atomic E-state index is 13.6. The molecule has 3 atom stereocenters. The average molecular weight is 255 g/mol. The van der Waals surface area contributed by atoms with Gasteiger partial charge in [-0.1, -0.05) is 13.8 Å².